The number of fused-ring (bicyclic) bond motifs is 1. The Morgan fingerprint density at radius 1 is 1.07 bits per heavy atom. The molecule has 0 aromatic rings. The van der Waals surface area contributed by atoms with Crippen LogP contribution in [-0.2, 0) is 14.4 Å². The van der Waals surface area contributed by atoms with Crippen LogP contribution in [0.15, 0.2) is 0 Å². The number of hydrogen-bond donors (Lipinski definition) is 4. The molecule has 0 aromatic carbocycles. The van der Waals surface area contributed by atoms with Crippen LogP contribution >= 0.6 is 0 Å². The number of hydroxylamine groups is 2. The van der Waals surface area contributed by atoms with Gasteiger partial charge in [0.2, 0.25) is 5.91 Å². The summed E-state index contributed by atoms with van der Waals surface area (Å²) in [4.78, 5) is 19.8. The van der Waals surface area contributed by atoms with Gasteiger partial charge in [0, 0.05) is 44.0 Å². The molecule has 4 N–H and O–H groups in total. The molecule has 2 aliphatic heterocycles. The van der Waals surface area contributed by atoms with Gasteiger partial charge in [0.1, 0.15) is 12.1 Å². The molecule has 8 heteroatoms. The van der Waals surface area contributed by atoms with Gasteiger partial charge < -0.3 is 25.6 Å². The van der Waals surface area contributed by atoms with Crippen molar-refractivity contribution < 1.29 is 24.6 Å². The summed E-state index contributed by atoms with van der Waals surface area (Å²) < 4.78 is 5.66. The summed E-state index contributed by atoms with van der Waals surface area (Å²) in [6.45, 7) is 6.10. The molecule has 2 saturated heterocycles. The molecular weight excluding hydrogens is 530 g/mol. The maximum atomic E-state index is 13.6. The third-order valence-corrected chi connectivity index (χ3v) is 11.4. The van der Waals surface area contributed by atoms with Gasteiger partial charge in [-0.05, 0) is 114 Å². The van der Waals surface area contributed by atoms with Gasteiger partial charge in [0.05, 0.1) is 18.8 Å². The number of nitrogens with one attached hydrogen (secondary N) is 2. The summed E-state index contributed by atoms with van der Waals surface area (Å²) in [5.74, 6) is 10.1. The molecule has 2 heterocycles. The standard InChI is InChI=1S/C34H57N3O5/c1-22-4-6-24(7-5-22)8-9-25-10-12-26(13-11-25)20-37-32(30(21-38)33(42-37)23(2)39)34(40)35-17-16-27-19-36-31-15-14-28(41-3)18-29(27)31/h22-33,36,38-39H,4-7,10-21H2,1-3H3,(H,35,40)/t22?,23-,24?,25?,26?,27?,28?,29?,30-,31?,32?,33-/m1/s1. The Hall–Kier alpha value is -1.21. The number of aliphatic hydroxyl groups is 2. The maximum absolute atomic E-state index is 13.6. The molecule has 0 bridgehead atoms. The first kappa shape index (κ1) is 32.2. The van der Waals surface area contributed by atoms with Crippen LogP contribution in [-0.4, -0.2) is 84.9 Å². The lowest BCUT2D eigenvalue weighted by Crippen LogP contribution is -2.49. The van der Waals surface area contributed by atoms with Gasteiger partial charge in [-0.2, -0.15) is 5.06 Å². The molecule has 8 nitrogen and oxygen atoms in total. The first-order valence-electron chi connectivity index (χ1n) is 17.1. The number of hydrogen-bond acceptors (Lipinski definition) is 7. The van der Waals surface area contributed by atoms with E-state index in [0.717, 1.165) is 63.8 Å². The number of carbonyl (C=O) groups is 1. The van der Waals surface area contributed by atoms with Gasteiger partial charge in [-0.25, -0.2) is 0 Å². The summed E-state index contributed by atoms with van der Waals surface area (Å²) in [5, 5.41) is 29.4. The average Bonchev–Trinajstić information content (AvgIpc) is 3.58. The fourth-order valence-electron chi connectivity index (χ4n) is 8.62. The predicted molar refractivity (Wildman–Crippen MR) is 163 cm³/mol. The summed E-state index contributed by atoms with van der Waals surface area (Å²) >= 11 is 0. The molecule has 1 amide bonds. The van der Waals surface area contributed by atoms with E-state index >= 15 is 0 Å². The van der Waals surface area contributed by atoms with Crippen molar-refractivity contribution in [3.05, 3.63) is 0 Å². The van der Waals surface area contributed by atoms with E-state index < -0.39 is 24.2 Å². The zero-order valence-corrected chi connectivity index (χ0v) is 26.3. The van der Waals surface area contributed by atoms with Crippen molar-refractivity contribution in [2.24, 2.45) is 41.4 Å². The van der Waals surface area contributed by atoms with Gasteiger partial charge in [-0.1, -0.05) is 18.8 Å². The van der Waals surface area contributed by atoms with E-state index in [1.54, 1.807) is 12.0 Å². The number of aliphatic hydroxyl groups excluding tert-OH is 2. The molecular formula is C34H57N3O5. The summed E-state index contributed by atoms with van der Waals surface area (Å²) in [6.07, 6.45) is 12.7. The molecule has 8 atom stereocenters. The highest BCUT2D eigenvalue weighted by Gasteiger charge is 2.49. The first-order chi connectivity index (χ1) is 20.4. The third kappa shape index (κ3) is 7.89. The van der Waals surface area contributed by atoms with E-state index in [1.165, 1.54) is 25.7 Å². The Balaban J connectivity index is 1.12. The Kier molecular flexibility index (Phi) is 11.6. The molecule has 5 aliphatic rings. The van der Waals surface area contributed by atoms with Crippen molar-refractivity contribution in [2.45, 2.75) is 121 Å². The topological polar surface area (TPSA) is 103 Å². The molecule has 3 aliphatic carbocycles. The lowest BCUT2D eigenvalue weighted by molar-refractivity contribution is -0.193. The molecule has 5 fully saturated rings. The van der Waals surface area contributed by atoms with Gasteiger partial charge in [0.25, 0.3) is 0 Å². The molecule has 0 aromatic heterocycles. The lowest BCUT2D eigenvalue weighted by atomic mass is 9.77. The van der Waals surface area contributed by atoms with Crippen molar-refractivity contribution in [3.63, 3.8) is 0 Å². The van der Waals surface area contributed by atoms with Crippen LogP contribution in [0.3, 0.4) is 0 Å². The average molecular weight is 588 g/mol. The second-order valence-electron chi connectivity index (χ2n) is 14.4. The number of amides is 1. The number of rotatable bonds is 9. The Morgan fingerprint density at radius 2 is 1.76 bits per heavy atom. The first-order valence-corrected chi connectivity index (χ1v) is 17.1. The van der Waals surface area contributed by atoms with Crippen LogP contribution in [0.5, 0.6) is 0 Å². The zero-order valence-electron chi connectivity index (χ0n) is 26.3. The van der Waals surface area contributed by atoms with Crippen LogP contribution in [0.1, 0.15) is 90.9 Å². The quantitative estimate of drug-likeness (QED) is 0.306. The minimum atomic E-state index is -0.766. The molecule has 0 spiro atoms. The summed E-state index contributed by atoms with van der Waals surface area (Å²) in [5.41, 5.74) is 0. The van der Waals surface area contributed by atoms with Crippen molar-refractivity contribution >= 4 is 5.91 Å². The third-order valence-electron chi connectivity index (χ3n) is 11.4. The molecule has 3 saturated carbocycles. The normalized spacial score (nSPS) is 41.5. The highest BCUT2D eigenvalue weighted by atomic mass is 16.7. The fourth-order valence-corrected chi connectivity index (χ4v) is 8.62. The van der Waals surface area contributed by atoms with E-state index in [2.05, 4.69) is 29.4 Å². The van der Waals surface area contributed by atoms with Gasteiger partial charge in [-0.15, -0.1) is 0 Å². The van der Waals surface area contributed by atoms with Crippen LogP contribution in [0, 0.1) is 53.3 Å². The lowest BCUT2D eigenvalue weighted by Gasteiger charge is -2.33. The number of methoxy groups -OCH3 is 1. The van der Waals surface area contributed by atoms with Crippen molar-refractivity contribution in [2.75, 3.05) is 33.4 Å². The largest absolute Gasteiger partial charge is 0.396 e. The van der Waals surface area contributed by atoms with Crippen LogP contribution in [0.25, 0.3) is 0 Å². The van der Waals surface area contributed by atoms with Crippen LogP contribution in [0.4, 0.5) is 0 Å². The van der Waals surface area contributed by atoms with Crippen LogP contribution < -0.4 is 10.6 Å². The number of nitrogens with zero attached hydrogens (tertiary/aromatic N) is 1. The van der Waals surface area contributed by atoms with Crippen LogP contribution in [0.2, 0.25) is 0 Å². The maximum Gasteiger partial charge on any atom is 0.240 e. The second-order valence-corrected chi connectivity index (χ2v) is 14.4. The summed E-state index contributed by atoms with van der Waals surface area (Å²) in [7, 11) is 1.81. The van der Waals surface area contributed by atoms with E-state index in [1.807, 2.05) is 7.11 Å². The SMILES string of the molecule is COC1CCC2NCC(CCNC(=O)C3[C@@H](CO)[C@@H]([C@@H](C)O)ON3CC3CCC(C#CC4CCC(C)CC4)CC3)C2C1. The highest BCUT2D eigenvalue weighted by Crippen LogP contribution is 2.38. The number of ether oxygens (including phenoxy) is 1. The van der Waals surface area contributed by atoms with E-state index in [4.69, 9.17) is 9.57 Å². The zero-order chi connectivity index (χ0) is 29.6. The van der Waals surface area contributed by atoms with Crippen molar-refractivity contribution in [3.8, 4) is 11.8 Å². The van der Waals surface area contributed by atoms with E-state index in [0.29, 0.717) is 54.8 Å². The van der Waals surface area contributed by atoms with E-state index in [-0.39, 0.29) is 12.5 Å². The smallest absolute Gasteiger partial charge is 0.240 e. The minimum absolute atomic E-state index is 0.0977. The summed E-state index contributed by atoms with van der Waals surface area (Å²) in [6, 6.07) is -0.0265. The molecule has 42 heavy (non-hydrogen) atoms. The fraction of sp³-hybridized carbons (Fsp3) is 0.912. The molecule has 5 unspecified atom stereocenters. The molecule has 0 radical (unpaired) electrons. The molecule has 5 rings (SSSR count). The second kappa shape index (κ2) is 15.2. The minimum Gasteiger partial charge on any atom is -0.396 e. The molecule has 238 valence electrons. The Labute approximate surface area is 254 Å². The number of carbonyl (C=O) groups excluding carboxylic acids is 1. The van der Waals surface area contributed by atoms with Gasteiger partial charge in [0.15, 0.2) is 0 Å². The predicted octanol–water partition coefficient (Wildman–Crippen LogP) is 3.51. The Morgan fingerprint density at radius 3 is 2.40 bits per heavy atom. The Bertz CT molecular complexity index is 920. The van der Waals surface area contributed by atoms with Crippen molar-refractivity contribution in [1.82, 2.24) is 15.7 Å². The highest BCUT2D eigenvalue weighted by molar-refractivity contribution is 5.82. The monoisotopic (exact) mass is 587 g/mol. The van der Waals surface area contributed by atoms with Crippen molar-refractivity contribution in [1.29, 1.82) is 0 Å². The van der Waals surface area contributed by atoms with E-state index in [9.17, 15) is 15.0 Å². The van der Waals surface area contributed by atoms with Gasteiger partial charge in [-0.3, -0.25) is 9.63 Å². The van der Waals surface area contributed by atoms with Gasteiger partial charge >= 0.3 is 0 Å².